The molecular formula is C18H28N2O2. The summed E-state index contributed by atoms with van der Waals surface area (Å²) in [7, 11) is 0. The third-order valence-electron chi connectivity index (χ3n) is 3.93. The van der Waals surface area contributed by atoms with Crippen LogP contribution in [0.25, 0.3) is 0 Å². The number of hydrogen-bond acceptors (Lipinski definition) is 2. The second kappa shape index (κ2) is 9.23. The maximum absolute atomic E-state index is 11.9. The predicted molar refractivity (Wildman–Crippen MR) is 90.9 cm³/mol. The van der Waals surface area contributed by atoms with Gasteiger partial charge in [0.1, 0.15) is 0 Å². The second-order valence-corrected chi connectivity index (χ2v) is 5.90. The van der Waals surface area contributed by atoms with Gasteiger partial charge in [0.2, 0.25) is 0 Å². The molecule has 0 radical (unpaired) electrons. The minimum atomic E-state index is -0.600. The van der Waals surface area contributed by atoms with Gasteiger partial charge in [-0.15, -0.1) is 0 Å². The van der Waals surface area contributed by atoms with Crippen molar-refractivity contribution < 1.29 is 9.59 Å². The standard InChI is InChI=1S/C18H28N2O2/c1-5-7-8-15(6-2)12-19-17(21)18(22)20-16-10-9-13(3)11-14(16)4/h9-11,15H,5-8,12H2,1-4H3,(H,19,21)(H,20,22)/t15-/m1/s1. The number of carbonyl (C=O) groups is 2. The summed E-state index contributed by atoms with van der Waals surface area (Å²) in [4.78, 5) is 23.8. The lowest BCUT2D eigenvalue weighted by atomic mass is 9.99. The number of aryl methyl sites for hydroxylation is 2. The molecule has 2 N–H and O–H groups in total. The Morgan fingerprint density at radius 1 is 1.14 bits per heavy atom. The quantitative estimate of drug-likeness (QED) is 0.757. The molecule has 1 aromatic rings. The predicted octanol–water partition coefficient (Wildman–Crippen LogP) is 3.57. The monoisotopic (exact) mass is 304 g/mol. The topological polar surface area (TPSA) is 58.2 Å². The molecule has 0 aliphatic heterocycles. The van der Waals surface area contributed by atoms with E-state index in [2.05, 4.69) is 24.5 Å². The van der Waals surface area contributed by atoms with Crippen molar-refractivity contribution in [2.75, 3.05) is 11.9 Å². The van der Waals surface area contributed by atoms with E-state index < -0.39 is 11.8 Å². The van der Waals surface area contributed by atoms with Gasteiger partial charge in [-0.1, -0.05) is 50.8 Å². The van der Waals surface area contributed by atoms with E-state index in [1.54, 1.807) is 0 Å². The Hall–Kier alpha value is -1.84. The van der Waals surface area contributed by atoms with Crippen molar-refractivity contribution in [1.29, 1.82) is 0 Å². The number of hydrogen-bond donors (Lipinski definition) is 2. The molecule has 122 valence electrons. The Labute approximate surface area is 133 Å². The lowest BCUT2D eigenvalue weighted by molar-refractivity contribution is -0.136. The van der Waals surface area contributed by atoms with E-state index in [1.165, 1.54) is 0 Å². The molecule has 0 spiro atoms. The van der Waals surface area contributed by atoms with Crippen LogP contribution in [0.1, 0.15) is 50.7 Å². The van der Waals surface area contributed by atoms with Crippen molar-refractivity contribution in [3.8, 4) is 0 Å². The summed E-state index contributed by atoms with van der Waals surface area (Å²) in [6.45, 7) is 8.74. The highest BCUT2D eigenvalue weighted by Gasteiger charge is 2.16. The van der Waals surface area contributed by atoms with Crippen LogP contribution < -0.4 is 10.6 Å². The van der Waals surface area contributed by atoms with Crippen LogP contribution in [0.5, 0.6) is 0 Å². The highest BCUT2D eigenvalue weighted by atomic mass is 16.2. The van der Waals surface area contributed by atoms with Crippen LogP contribution in [-0.2, 0) is 9.59 Å². The SMILES string of the molecule is CCCC[C@@H](CC)CNC(=O)C(=O)Nc1ccc(C)cc1C. The van der Waals surface area contributed by atoms with Crippen LogP contribution in [0.3, 0.4) is 0 Å². The zero-order valence-corrected chi connectivity index (χ0v) is 14.2. The van der Waals surface area contributed by atoms with Crippen molar-refractivity contribution in [2.24, 2.45) is 5.92 Å². The highest BCUT2D eigenvalue weighted by Crippen LogP contribution is 2.16. The molecule has 4 nitrogen and oxygen atoms in total. The fourth-order valence-corrected chi connectivity index (χ4v) is 2.39. The summed E-state index contributed by atoms with van der Waals surface area (Å²) in [5, 5.41) is 5.41. The first-order valence-electron chi connectivity index (χ1n) is 8.14. The van der Waals surface area contributed by atoms with Crippen molar-refractivity contribution in [1.82, 2.24) is 5.32 Å². The second-order valence-electron chi connectivity index (χ2n) is 5.90. The maximum atomic E-state index is 11.9. The molecule has 4 heteroatoms. The van der Waals surface area contributed by atoms with Gasteiger partial charge in [0.05, 0.1) is 0 Å². The number of anilines is 1. The van der Waals surface area contributed by atoms with Gasteiger partial charge in [0.15, 0.2) is 0 Å². The van der Waals surface area contributed by atoms with Crippen LogP contribution in [0.15, 0.2) is 18.2 Å². The van der Waals surface area contributed by atoms with Crippen molar-refractivity contribution >= 4 is 17.5 Å². The number of unbranched alkanes of at least 4 members (excludes halogenated alkanes) is 1. The number of carbonyl (C=O) groups excluding carboxylic acids is 2. The van der Waals surface area contributed by atoms with Gasteiger partial charge in [-0.2, -0.15) is 0 Å². The lowest BCUT2D eigenvalue weighted by Gasteiger charge is -2.15. The van der Waals surface area contributed by atoms with Crippen LogP contribution in [-0.4, -0.2) is 18.4 Å². The molecule has 0 aromatic heterocycles. The fraction of sp³-hybridized carbons (Fsp3) is 0.556. The number of benzene rings is 1. The average molecular weight is 304 g/mol. The Kier molecular flexibility index (Phi) is 7.64. The van der Waals surface area contributed by atoms with E-state index in [0.717, 1.165) is 36.8 Å². The van der Waals surface area contributed by atoms with E-state index in [0.29, 0.717) is 18.2 Å². The lowest BCUT2D eigenvalue weighted by Crippen LogP contribution is -2.38. The summed E-state index contributed by atoms with van der Waals surface area (Å²) in [5.41, 5.74) is 2.76. The molecule has 22 heavy (non-hydrogen) atoms. The van der Waals surface area contributed by atoms with Gasteiger partial charge in [0, 0.05) is 12.2 Å². The third kappa shape index (κ3) is 5.88. The molecule has 0 bridgehead atoms. The molecule has 0 saturated heterocycles. The largest absolute Gasteiger partial charge is 0.348 e. The summed E-state index contributed by atoms with van der Waals surface area (Å²) in [6, 6.07) is 5.72. The number of amides is 2. The Bertz CT molecular complexity index is 512. The van der Waals surface area contributed by atoms with Gasteiger partial charge in [-0.3, -0.25) is 9.59 Å². The van der Waals surface area contributed by atoms with Gasteiger partial charge >= 0.3 is 11.8 Å². The molecule has 0 aliphatic carbocycles. The van der Waals surface area contributed by atoms with E-state index in [4.69, 9.17) is 0 Å². The first-order valence-corrected chi connectivity index (χ1v) is 8.14. The smallest absolute Gasteiger partial charge is 0.313 e. The average Bonchev–Trinajstić information content (AvgIpc) is 2.49. The Morgan fingerprint density at radius 2 is 1.86 bits per heavy atom. The molecule has 1 rings (SSSR count). The summed E-state index contributed by atoms with van der Waals surface area (Å²) < 4.78 is 0. The van der Waals surface area contributed by atoms with E-state index in [1.807, 2.05) is 32.0 Å². The molecule has 0 aliphatic rings. The van der Waals surface area contributed by atoms with Gasteiger partial charge in [-0.25, -0.2) is 0 Å². The molecule has 0 unspecified atom stereocenters. The van der Waals surface area contributed by atoms with E-state index in [-0.39, 0.29) is 0 Å². The minimum absolute atomic E-state index is 0.442. The molecule has 1 atom stereocenters. The Morgan fingerprint density at radius 3 is 2.45 bits per heavy atom. The summed E-state index contributed by atoms with van der Waals surface area (Å²) >= 11 is 0. The molecule has 2 amide bonds. The van der Waals surface area contributed by atoms with Crippen LogP contribution in [0.4, 0.5) is 5.69 Å². The normalized spacial score (nSPS) is 11.8. The third-order valence-corrected chi connectivity index (χ3v) is 3.93. The fourth-order valence-electron chi connectivity index (χ4n) is 2.39. The first kappa shape index (κ1) is 18.2. The van der Waals surface area contributed by atoms with Gasteiger partial charge < -0.3 is 10.6 Å². The zero-order chi connectivity index (χ0) is 16.5. The van der Waals surface area contributed by atoms with Crippen LogP contribution in [0.2, 0.25) is 0 Å². The molecule has 0 saturated carbocycles. The molecule has 0 fully saturated rings. The first-order chi connectivity index (χ1) is 10.5. The summed E-state index contributed by atoms with van der Waals surface area (Å²) in [5.74, 6) is -0.718. The van der Waals surface area contributed by atoms with Crippen LogP contribution in [0, 0.1) is 19.8 Å². The van der Waals surface area contributed by atoms with Gasteiger partial charge in [0.25, 0.3) is 0 Å². The maximum Gasteiger partial charge on any atom is 0.313 e. The van der Waals surface area contributed by atoms with Crippen molar-refractivity contribution in [3.63, 3.8) is 0 Å². The van der Waals surface area contributed by atoms with E-state index in [9.17, 15) is 9.59 Å². The molecule has 1 aromatic carbocycles. The minimum Gasteiger partial charge on any atom is -0.348 e. The molecular weight excluding hydrogens is 276 g/mol. The zero-order valence-electron chi connectivity index (χ0n) is 14.2. The Balaban J connectivity index is 2.49. The van der Waals surface area contributed by atoms with Crippen LogP contribution >= 0.6 is 0 Å². The molecule has 0 heterocycles. The number of nitrogens with one attached hydrogen (secondary N) is 2. The highest BCUT2D eigenvalue weighted by molar-refractivity contribution is 6.39. The van der Waals surface area contributed by atoms with Crippen molar-refractivity contribution in [3.05, 3.63) is 29.3 Å². The number of rotatable bonds is 7. The van der Waals surface area contributed by atoms with Gasteiger partial charge in [-0.05, 0) is 37.8 Å². The van der Waals surface area contributed by atoms with Crippen molar-refractivity contribution in [2.45, 2.75) is 53.4 Å². The summed E-state index contributed by atoms with van der Waals surface area (Å²) in [6.07, 6.45) is 4.41. The van der Waals surface area contributed by atoms with E-state index >= 15 is 0 Å².